The van der Waals surface area contributed by atoms with E-state index in [-0.39, 0.29) is 27.7 Å². The maximum absolute atomic E-state index is 12.5. The van der Waals surface area contributed by atoms with E-state index >= 15 is 0 Å². The van der Waals surface area contributed by atoms with E-state index in [2.05, 4.69) is 123 Å². The lowest BCUT2D eigenvalue weighted by Gasteiger charge is -2.27. The minimum Gasteiger partial charge on any atom is -0.507 e. The Morgan fingerprint density at radius 3 is 1.79 bits per heavy atom. The molecule has 2 aromatic heterocycles. The Hall–Kier alpha value is -7.04. The summed E-state index contributed by atoms with van der Waals surface area (Å²) in [6.45, 7) is 14.5. The van der Waals surface area contributed by atoms with Gasteiger partial charge in [0.15, 0.2) is 0 Å². The molecule has 9 aromatic rings. The monoisotopic (exact) mass is 870 g/mol. The lowest BCUT2D eigenvalue weighted by Crippen LogP contribution is -2.17. The molecule has 0 atom stereocenters. The van der Waals surface area contributed by atoms with E-state index in [0.29, 0.717) is 28.1 Å². The number of nitrogens with zero attached hydrogens (tertiary/aromatic N) is 3. The van der Waals surface area contributed by atoms with Gasteiger partial charge in [-0.25, -0.2) is 4.98 Å². The zero-order chi connectivity index (χ0) is 51.7. The van der Waals surface area contributed by atoms with Crippen molar-refractivity contribution in [1.29, 1.82) is 0 Å². The second-order valence-electron chi connectivity index (χ2n) is 20.6. The smallest absolute Gasteiger partial charge is 0.149 e. The summed E-state index contributed by atoms with van der Waals surface area (Å²) in [6.07, 6.45) is 1.77. The number of hydrogen-bond donors (Lipinski definition) is 1. The molecule has 0 aliphatic heterocycles. The normalized spacial score (nSPS) is 14.0. The fourth-order valence-corrected chi connectivity index (χ4v) is 8.80. The van der Waals surface area contributed by atoms with Gasteiger partial charge in [-0.2, -0.15) is 0 Å². The van der Waals surface area contributed by atoms with Crippen LogP contribution in [0.15, 0.2) is 164 Å². The highest BCUT2D eigenvalue weighted by atomic mass is 16.3. The van der Waals surface area contributed by atoms with Crippen LogP contribution in [0.1, 0.15) is 98.4 Å². The lowest BCUT2D eigenvalue weighted by molar-refractivity contribution is 0.446. The Bertz CT molecular complexity index is 3480. The molecule has 0 amide bonds. The molecule has 4 heteroatoms. The van der Waals surface area contributed by atoms with Crippen LogP contribution in [0.2, 0.25) is 0 Å². The number of benzene rings is 7. The molecule has 7 aromatic carbocycles. The van der Waals surface area contributed by atoms with E-state index in [1.807, 2.05) is 83.4 Å². The summed E-state index contributed by atoms with van der Waals surface area (Å²) in [5.74, 6) is 0.504. The lowest BCUT2D eigenvalue weighted by atomic mass is 9.79. The van der Waals surface area contributed by atoms with Gasteiger partial charge in [0, 0.05) is 31.1 Å². The molecular formula is C62H61N3O. The first-order valence-electron chi connectivity index (χ1n) is 25.7. The predicted molar refractivity (Wildman–Crippen MR) is 279 cm³/mol. The van der Waals surface area contributed by atoms with Crippen LogP contribution in [0.4, 0.5) is 0 Å². The summed E-state index contributed by atoms with van der Waals surface area (Å²) >= 11 is 0. The number of pyridine rings is 1. The van der Waals surface area contributed by atoms with Gasteiger partial charge >= 0.3 is 0 Å². The first-order valence-corrected chi connectivity index (χ1v) is 22.7. The van der Waals surface area contributed by atoms with Gasteiger partial charge in [-0.3, -0.25) is 9.55 Å². The minimum atomic E-state index is -2.54. The van der Waals surface area contributed by atoms with Gasteiger partial charge in [0.25, 0.3) is 0 Å². The first kappa shape index (κ1) is 37.2. The van der Waals surface area contributed by atoms with Crippen LogP contribution in [0, 0.1) is 13.7 Å². The van der Waals surface area contributed by atoms with Crippen molar-refractivity contribution in [3.63, 3.8) is 0 Å². The highest BCUT2D eigenvalue weighted by Crippen LogP contribution is 2.45. The van der Waals surface area contributed by atoms with E-state index in [4.69, 9.17) is 18.2 Å². The van der Waals surface area contributed by atoms with Crippen molar-refractivity contribution in [1.82, 2.24) is 14.5 Å². The van der Waals surface area contributed by atoms with Crippen molar-refractivity contribution in [2.45, 2.75) is 92.3 Å². The molecule has 0 aliphatic carbocycles. The molecule has 0 bridgehead atoms. The zero-order valence-corrected chi connectivity index (χ0v) is 39.4. The quantitative estimate of drug-likeness (QED) is 0.174. The van der Waals surface area contributed by atoms with E-state index < -0.39 is 19.1 Å². The number of phenols is 1. The molecule has 0 unspecified atom stereocenters. The zero-order valence-electron chi connectivity index (χ0n) is 45.4. The summed E-state index contributed by atoms with van der Waals surface area (Å²) in [6, 6.07) is 51.4. The van der Waals surface area contributed by atoms with Gasteiger partial charge in [-0.05, 0) is 140 Å². The maximum atomic E-state index is 12.5. The van der Waals surface area contributed by atoms with Gasteiger partial charge < -0.3 is 5.11 Å². The molecule has 330 valence electrons. The summed E-state index contributed by atoms with van der Waals surface area (Å²) < 4.78 is 52.7. The number of aryl methyl sites for hydroxylation is 2. The molecule has 0 aliphatic rings. The third kappa shape index (κ3) is 8.61. The number of imidazole rings is 1. The number of fused-ring (bicyclic) bond motifs is 1. The van der Waals surface area contributed by atoms with Crippen molar-refractivity contribution in [3.8, 4) is 78.6 Å². The van der Waals surface area contributed by atoms with Crippen LogP contribution in [-0.4, -0.2) is 19.6 Å². The molecule has 0 saturated carbocycles. The Kier molecular flexibility index (Phi) is 9.44. The number of para-hydroxylation sites is 1. The fourth-order valence-electron chi connectivity index (χ4n) is 8.80. The maximum Gasteiger partial charge on any atom is 0.149 e. The molecule has 66 heavy (non-hydrogen) atoms. The van der Waals surface area contributed by atoms with Gasteiger partial charge in [0.2, 0.25) is 0 Å². The minimum absolute atomic E-state index is 0.0437. The number of aromatic nitrogens is 3. The Morgan fingerprint density at radius 1 is 0.485 bits per heavy atom. The SMILES string of the molecule is [2H]C([2H])([2H])c1ccc(-c2ccnc(-c3cc(-c4ccccc4)cc(-c4cccc5c4nc(-c4cc(C(C)(C)C)cc(C(C)(C)C)c4O)n5-c4ccc(-c5ccc(C(C)(C)C)cc5)cc4C([2H])([2H])[2H])c3)c2)cc1. The van der Waals surface area contributed by atoms with E-state index in [9.17, 15) is 5.11 Å². The molecule has 2 heterocycles. The molecule has 0 radical (unpaired) electrons. The van der Waals surface area contributed by atoms with Crippen molar-refractivity contribution >= 4 is 11.0 Å². The summed E-state index contributed by atoms with van der Waals surface area (Å²) in [7, 11) is 0. The average Bonchev–Trinajstić information content (AvgIpc) is 3.72. The first-order chi connectivity index (χ1) is 33.8. The van der Waals surface area contributed by atoms with E-state index in [1.165, 1.54) is 5.56 Å². The summed E-state index contributed by atoms with van der Waals surface area (Å²) in [4.78, 5) is 10.4. The Labute approximate surface area is 400 Å². The molecule has 4 nitrogen and oxygen atoms in total. The van der Waals surface area contributed by atoms with Crippen LogP contribution >= 0.6 is 0 Å². The third-order valence-corrected chi connectivity index (χ3v) is 12.7. The average molecular weight is 870 g/mol. The van der Waals surface area contributed by atoms with E-state index in [1.54, 1.807) is 24.4 Å². The van der Waals surface area contributed by atoms with Crippen LogP contribution in [0.25, 0.3) is 83.9 Å². The van der Waals surface area contributed by atoms with Crippen LogP contribution in [0.5, 0.6) is 5.75 Å². The van der Waals surface area contributed by atoms with Gasteiger partial charge in [-0.15, -0.1) is 0 Å². The summed E-state index contributed by atoms with van der Waals surface area (Å²) in [5, 5.41) is 12.5. The third-order valence-electron chi connectivity index (χ3n) is 12.7. The second kappa shape index (κ2) is 16.7. The van der Waals surface area contributed by atoms with Gasteiger partial charge in [0.05, 0.1) is 28.0 Å². The molecular weight excluding hydrogens is 803 g/mol. The van der Waals surface area contributed by atoms with Crippen molar-refractivity contribution in [2.24, 2.45) is 0 Å². The largest absolute Gasteiger partial charge is 0.507 e. The topological polar surface area (TPSA) is 50.9 Å². The number of rotatable bonds is 7. The highest BCUT2D eigenvalue weighted by Gasteiger charge is 2.29. The number of phenolic OH excluding ortho intramolecular Hbond substituents is 1. The molecule has 0 fully saturated rings. The van der Waals surface area contributed by atoms with Crippen LogP contribution in [-0.2, 0) is 16.2 Å². The molecule has 1 N–H and O–H groups in total. The van der Waals surface area contributed by atoms with Gasteiger partial charge in [-0.1, -0.05) is 171 Å². The fraction of sp³-hybridized carbons (Fsp3) is 0.226. The highest BCUT2D eigenvalue weighted by molar-refractivity contribution is 5.98. The van der Waals surface area contributed by atoms with Crippen molar-refractivity contribution in [3.05, 3.63) is 192 Å². The van der Waals surface area contributed by atoms with Crippen LogP contribution < -0.4 is 0 Å². The standard InChI is InChI=1S/C62H61N3O/c1-39-20-22-42(23-21-39)45-30-31-63-54(36-45)48-34-46(41-16-13-12-14-17-41)33-47(35-48)51-18-15-19-56-57(51)64-59(52-37-50(61(6,7)8)38-53(58(52)66)62(9,10)11)65(56)55-29-26-44(32-40(55)2)43-24-27-49(28-25-43)60(3,4)5/h12-38,66H,1-11H3/i1D3,2D3. The Morgan fingerprint density at radius 2 is 1.12 bits per heavy atom. The molecule has 0 spiro atoms. The Balaban J connectivity index is 1.31. The van der Waals surface area contributed by atoms with Crippen LogP contribution in [0.3, 0.4) is 0 Å². The van der Waals surface area contributed by atoms with Crippen molar-refractivity contribution in [2.75, 3.05) is 0 Å². The second-order valence-corrected chi connectivity index (χ2v) is 20.6. The predicted octanol–water partition coefficient (Wildman–Crippen LogP) is 16.6. The number of hydrogen-bond acceptors (Lipinski definition) is 3. The molecule has 9 rings (SSSR count). The summed E-state index contributed by atoms with van der Waals surface area (Å²) in [5.41, 5.74) is 13.4. The van der Waals surface area contributed by atoms with Crippen molar-refractivity contribution < 1.29 is 13.3 Å². The molecule has 0 saturated heterocycles. The van der Waals surface area contributed by atoms with Gasteiger partial charge in [0.1, 0.15) is 11.6 Å². The number of aromatic hydroxyl groups is 1. The van der Waals surface area contributed by atoms with E-state index in [0.717, 1.165) is 66.9 Å².